The number of benzene rings is 1. The molecule has 1 aromatic carbocycles. The van der Waals surface area contributed by atoms with Crippen LogP contribution in [0, 0.1) is 5.92 Å². The molecule has 8 heteroatoms. The third kappa shape index (κ3) is 3.90. The minimum absolute atomic E-state index is 0.161. The van der Waals surface area contributed by atoms with E-state index < -0.39 is 30.1 Å². The number of hydrogen-bond donors (Lipinski definition) is 1. The maximum Gasteiger partial charge on any atom is 0.335 e. The van der Waals surface area contributed by atoms with Crippen LogP contribution in [0.15, 0.2) is 18.2 Å². The normalized spacial score (nSPS) is 22.9. The third-order valence-corrected chi connectivity index (χ3v) is 4.15. The molecule has 0 aliphatic carbocycles. The lowest BCUT2D eigenvalue weighted by molar-refractivity contribution is -0.150. The zero-order chi connectivity index (χ0) is 18.7. The first-order chi connectivity index (χ1) is 11.8. The molecule has 1 aromatic rings. The van der Waals surface area contributed by atoms with Crippen LogP contribution in [0.1, 0.15) is 32.1 Å². The Morgan fingerprint density at radius 3 is 2.48 bits per heavy atom. The SMILES string of the molecule is [B]C(=O)N1C(c2ccc(OC)cc2OC)OC(C(=O)O)[C@@H]1CC(C)C. The zero-order valence-electron chi connectivity index (χ0n) is 14.8. The van der Waals surface area contributed by atoms with Crippen molar-refractivity contribution in [3.63, 3.8) is 0 Å². The van der Waals surface area contributed by atoms with E-state index in [1.807, 2.05) is 13.8 Å². The number of aliphatic carboxylic acids is 1. The van der Waals surface area contributed by atoms with Crippen LogP contribution in [0.4, 0.5) is 4.79 Å². The van der Waals surface area contributed by atoms with E-state index in [0.29, 0.717) is 23.5 Å². The monoisotopic (exact) mass is 347 g/mol. The van der Waals surface area contributed by atoms with Gasteiger partial charge in [0, 0.05) is 11.6 Å². The predicted molar refractivity (Wildman–Crippen MR) is 91.0 cm³/mol. The molecular weight excluding hydrogens is 325 g/mol. The zero-order valence-corrected chi connectivity index (χ0v) is 14.8. The Bertz CT molecular complexity index is 650. The van der Waals surface area contributed by atoms with Gasteiger partial charge in [-0.15, -0.1) is 0 Å². The van der Waals surface area contributed by atoms with Crippen molar-refractivity contribution in [2.75, 3.05) is 14.2 Å². The first kappa shape index (κ1) is 19.1. The summed E-state index contributed by atoms with van der Waals surface area (Å²) in [6, 6.07) is 4.34. The largest absolute Gasteiger partial charge is 0.497 e. The minimum Gasteiger partial charge on any atom is -0.497 e. The second-order valence-corrected chi connectivity index (χ2v) is 6.30. The molecule has 7 nitrogen and oxygen atoms in total. The van der Waals surface area contributed by atoms with E-state index in [1.54, 1.807) is 18.2 Å². The number of rotatable bonds is 6. The number of carbonyl (C=O) groups is 2. The average molecular weight is 347 g/mol. The molecule has 1 aliphatic rings. The average Bonchev–Trinajstić information content (AvgIpc) is 2.92. The van der Waals surface area contributed by atoms with Crippen LogP contribution in [0.5, 0.6) is 11.5 Å². The fourth-order valence-electron chi connectivity index (χ4n) is 3.08. The van der Waals surface area contributed by atoms with E-state index in [-0.39, 0.29) is 5.92 Å². The fraction of sp³-hybridized carbons (Fsp3) is 0.529. The Morgan fingerprint density at radius 1 is 1.32 bits per heavy atom. The molecule has 1 saturated heterocycles. The van der Waals surface area contributed by atoms with Gasteiger partial charge in [-0.25, -0.2) is 4.79 Å². The highest BCUT2D eigenvalue weighted by atomic mass is 16.6. The van der Waals surface area contributed by atoms with E-state index in [4.69, 9.17) is 22.1 Å². The summed E-state index contributed by atoms with van der Waals surface area (Å²) in [5.74, 6) is -0.722. The summed E-state index contributed by atoms with van der Waals surface area (Å²) < 4.78 is 16.2. The first-order valence-corrected chi connectivity index (χ1v) is 7.98. The van der Waals surface area contributed by atoms with Gasteiger partial charge in [0.25, 0.3) is 0 Å². The smallest absolute Gasteiger partial charge is 0.335 e. The summed E-state index contributed by atoms with van der Waals surface area (Å²) in [6.45, 7) is 3.89. The lowest BCUT2D eigenvalue weighted by atomic mass is 9.95. The van der Waals surface area contributed by atoms with Crippen molar-refractivity contribution in [2.24, 2.45) is 5.92 Å². The van der Waals surface area contributed by atoms with Crippen LogP contribution < -0.4 is 9.47 Å². The van der Waals surface area contributed by atoms with Crippen molar-refractivity contribution in [1.82, 2.24) is 4.90 Å². The van der Waals surface area contributed by atoms with Crippen molar-refractivity contribution >= 4 is 19.6 Å². The molecule has 0 aromatic heterocycles. The molecule has 0 saturated carbocycles. The summed E-state index contributed by atoms with van der Waals surface area (Å²) in [4.78, 5) is 25.0. The molecule has 3 atom stereocenters. The number of carboxylic acid groups (broad SMARTS) is 1. The Labute approximate surface area is 148 Å². The molecular formula is C17H22BNO6. The molecule has 2 unspecified atom stereocenters. The molecule has 0 bridgehead atoms. The quantitative estimate of drug-likeness (QED) is 0.794. The van der Waals surface area contributed by atoms with Crippen LogP contribution in [0.2, 0.25) is 0 Å². The number of nitrogens with zero attached hydrogens (tertiary/aromatic N) is 1. The Balaban J connectivity index is 2.48. The molecule has 25 heavy (non-hydrogen) atoms. The molecule has 1 fully saturated rings. The summed E-state index contributed by atoms with van der Waals surface area (Å²) in [6.07, 6.45) is -1.65. The van der Waals surface area contributed by atoms with Gasteiger partial charge in [0.1, 0.15) is 11.5 Å². The Kier molecular flexibility index (Phi) is 5.95. The number of carboxylic acids is 1. The number of methoxy groups -OCH3 is 2. The lowest BCUT2D eigenvalue weighted by Crippen LogP contribution is -2.43. The molecule has 1 amide bonds. The maximum absolute atomic E-state index is 12.1. The van der Waals surface area contributed by atoms with Crippen LogP contribution >= 0.6 is 0 Å². The highest BCUT2D eigenvalue weighted by molar-refractivity contribution is 6.57. The lowest BCUT2D eigenvalue weighted by Gasteiger charge is -2.30. The highest BCUT2D eigenvalue weighted by Crippen LogP contribution is 2.41. The number of carbonyl (C=O) groups excluding carboxylic acids is 1. The van der Waals surface area contributed by atoms with Crippen LogP contribution in [-0.4, -0.2) is 56.0 Å². The predicted octanol–water partition coefficient (Wildman–Crippen LogP) is 2.19. The molecule has 1 heterocycles. The van der Waals surface area contributed by atoms with Crippen LogP contribution in [0.25, 0.3) is 0 Å². The summed E-state index contributed by atoms with van der Waals surface area (Å²) >= 11 is 0. The van der Waals surface area contributed by atoms with E-state index in [1.165, 1.54) is 19.1 Å². The molecule has 1 N–H and O–H groups in total. The fourth-order valence-corrected chi connectivity index (χ4v) is 3.08. The first-order valence-electron chi connectivity index (χ1n) is 7.98. The molecule has 2 rings (SSSR count). The van der Waals surface area contributed by atoms with Crippen molar-refractivity contribution in [2.45, 2.75) is 38.6 Å². The van der Waals surface area contributed by atoms with Gasteiger partial charge in [0.15, 0.2) is 18.1 Å². The number of amides is 1. The third-order valence-electron chi connectivity index (χ3n) is 4.15. The molecule has 134 valence electrons. The van der Waals surface area contributed by atoms with E-state index >= 15 is 0 Å². The van der Waals surface area contributed by atoms with Gasteiger partial charge < -0.3 is 24.2 Å². The summed E-state index contributed by atoms with van der Waals surface area (Å²) in [7, 11) is 8.55. The van der Waals surface area contributed by atoms with Gasteiger partial charge in [-0.3, -0.25) is 4.79 Å². The van der Waals surface area contributed by atoms with E-state index in [9.17, 15) is 14.7 Å². The summed E-state index contributed by atoms with van der Waals surface area (Å²) in [5, 5.41) is 9.51. The van der Waals surface area contributed by atoms with E-state index in [0.717, 1.165) is 0 Å². The standard InChI is InChI=1S/C17H22BNO6/c1-9(2)7-12-14(16(20)21)25-15(19(12)17(18)22)11-6-5-10(23-3)8-13(11)24-4/h5-6,8-9,12,14-15H,7H2,1-4H3,(H,20,21)/t12-,14?,15?/m0/s1. The van der Waals surface area contributed by atoms with Gasteiger partial charge in [-0.2, -0.15) is 0 Å². The summed E-state index contributed by atoms with van der Waals surface area (Å²) in [5.41, 5.74) is 0.514. The van der Waals surface area contributed by atoms with Crippen molar-refractivity contribution in [1.29, 1.82) is 0 Å². The number of hydrogen-bond acceptors (Lipinski definition) is 5. The second kappa shape index (κ2) is 7.78. The van der Waals surface area contributed by atoms with Gasteiger partial charge in [-0.1, -0.05) is 13.8 Å². The highest BCUT2D eigenvalue weighted by Gasteiger charge is 2.48. The molecule has 1 aliphatic heterocycles. The topological polar surface area (TPSA) is 85.3 Å². The second-order valence-electron chi connectivity index (χ2n) is 6.30. The Morgan fingerprint density at radius 2 is 2.00 bits per heavy atom. The van der Waals surface area contributed by atoms with E-state index in [2.05, 4.69) is 0 Å². The molecule has 2 radical (unpaired) electrons. The minimum atomic E-state index is -1.16. The van der Waals surface area contributed by atoms with Gasteiger partial charge in [-0.05, 0) is 24.5 Å². The Hall–Kier alpha value is -2.22. The van der Waals surface area contributed by atoms with Gasteiger partial charge in [0.05, 0.1) is 20.3 Å². The van der Waals surface area contributed by atoms with Gasteiger partial charge in [0.2, 0.25) is 7.85 Å². The maximum atomic E-state index is 12.1. The van der Waals surface area contributed by atoms with Crippen molar-refractivity contribution in [3.8, 4) is 11.5 Å². The van der Waals surface area contributed by atoms with Crippen molar-refractivity contribution in [3.05, 3.63) is 23.8 Å². The van der Waals surface area contributed by atoms with Crippen LogP contribution in [0.3, 0.4) is 0 Å². The van der Waals surface area contributed by atoms with Crippen molar-refractivity contribution < 1.29 is 28.9 Å². The van der Waals surface area contributed by atoms with Gasteiger partial charge >= 0.3 is 5.97 Å². The van der Waals surface area contributed by atoms with Crippen LogP contribution in [-0.2, 0) is 9.53 Å². The number of ether oxygens (including phenoxy) is 3. The molecule has 0 spiro atoms.